The van der Waals surface area contributed by atoms with Crippen molar-refractivity contribution in [2.75, 3.05) is 43.5 Å². The van der Waals surface area contributed by atoms with Gasteiger partial charge in [0.05, 0.1) is 25.1 Å². The second-order valence-corrected chi connectivity index (χ2v) is 6.13. The summed E-state index contributed by atoms with van der Waals surface area (Å²) in [6, 6.07) is 1.95. The molecular weight excluding hydrogens is 304 g/mol. The van der Waals surface area contributed by atoms with Gasteiger partial charge in [0.25, 0.3) is 0 Å². The molecule has 1 aromatic rings. The number of anilines is 1. The minimum Gasteiger partial charge on any atom is -0.392 e. The van der Waals surface area contributed by atoms with Crippen LogP contribution < -0.4 is 10.2 Å². The molecule has 122 valence electrons. The molecule has 1 atom stereocenters. The van der Waals surface area contributed by atoms with E-state index in [1.54, 1.807) is 6.92 Å². The summed E-state index contributed by atoms with van der Waals surface area (Å²) in [7, 11) is 0. The fraction of sp³-hybridized carbons (Fsp3) is 0.643. The number of hydrogen-bond donors (Lipinski definition) is 2. The molecule has 0 unspecified atom stereocenters. The summed E-state index contributed by atoms with van der Waals surface area (Å²) in [6.45, 7) is 6.84. The number of thioether (sulfide) groups is 1. The summed E-state index contributed by atoms with van der Waals surface area (Å²) < 4.78 is 5.34. The highest BCUT2D eigenvalue weighted by molar-refractivity contribution is 7.99. The van der Waals surface area contributed by atoms with Gasteiger partial charge in [-0.2, -0.15) is 0 Å². The Morgan fingerprint density at radius 3 is 2.91 bits per heavy atom. The third-order valence-corrected chi connectivity index (χ3v) is 3.93. The van der Waals surface area contributed by atoms with E-state index >= 15 is 0 Å². The Bertz CT molecular complexity index is 507. The fourth-order valence-electron chi connectivity index (χ4n) is 1.99. The molecule has 22 heavy (non-hydrogen) atoms. The summed E-state index contributed by atoms with van der Waals surface area (Å²) in [5, 5.41) is 12.4. The summed E-state index contributed by atoms with van der Waals surface area (Å²) in [5.74, 6) is 0.977. The van der Waals surface area contributed by atoms with Crippen molar-refractivity contribution >= 4 is 23.5 Å². The number of aliphatic hydroxyl groups excluding tert-OH is 1. The molecule has 2 rings (SSSR count). The van der Waals surface area contributed by atoms with Gasteiger partial charge in [-0.1, -0.05) is 11.8 Å². The van der Waals surface area contributed by atoms with Crippen LogP contribution in [0.3, 0.4) is 0 Å². The van der Waals surface area contributed by atoms with E-state index in [0.29, 0.717) is 18.4 Å². The normalized spacial score (nSPS) is 16.4. The van der Waals surface area contributed by atoms with E-state index in [2.05, 4.69) is 20.2 Å². The van der Waals surface area contributed by atoms with Gasteiger partial charge in [-0.25, -0.2) is 9.97 Å². The van der Waals surface area contributed by atoms with Crippen molar-refractivity contribution in [3.63, 3.8) is 0 Å². The van der Waals surface area contributed by atoms with Gasteiger partial charge >= 0.3 is 0 Å². The Hall–Kier alpha value is -1.38. The van der Waals surface area contributed by atoms with Gasteiger partial charge in [0.2, 0.25) is 5.91 Å². The first-order chi connectivity index (χ1) is 10.5. The Morgan fingerprint density at radius 2 is 2.23 bits per heavy atom. The molecule has 8 heteroatoms. The molecule has 0 aliphatic carbocycles. The van der Waals surface area contributed by atoms with Gasteiger partial charge < -0.3 is 20.1 Å². The van der Waals surface area contributed by atoms with Crippen molar-refractivity contribution in [1.82, 2.24) is 15.3 Å². The summed E-state index contributed by atoms with van der Waals surface area (Å²) in [6.07, 6.45) is -0.544. The molecule has 0 saturated carbocycles. The largest absolute Gasteiger partial charge is 0.392 e. The van der Waals surface area contributed by atoms with Crippen molar-refractivity contribution in [3.05, 3.63) is 11.8 Å². The van der Waals surface area contributed by atoms with Crippen LogP contribution in [0.1, 0.15) is 12.6 Å². The first-order valence-corrected chi connectivity index (χ1v) is 8.29. The molecule has 1 aromatic heterocycles. The van der Waals surface area contributed by atoms with Crippen molar-refractivity contribution in [2.45, 2.75) is 25.1 Å². The third-order valence-electron chi connectivity index (χ3n) is 3.08. The monoisotopic (exact) mass is 326 g/mol. The van der Waals surface area contributed by atoms with Crippen LogP contribution in [0.2, 0.25) is 0 Å². The average molecular weight is 326 g/mol. The lowest BCUT2D eigenvalue weighted by molar-refractivity contribution is -0.118. The second-order valence-electron chi connectivity index (χ2n) is 5.19. The van der Waals surface area contributed by atoms with Crippen molar-refractivity contribution in [1.29, 1.82) is 0 Å². The van der Waals surface area contributed by atoms with Gasteiger partial charge in [0, 0.05) is 31.4 Å². The lowest BCUT2D eigenvalue weighted by Crippen LogP contribution is -2.37. The number of aromatic nitrogens is 2. The van der Waals surface area contributed by atoms with Crippen LogP contribution in [0.15, 0.2) is 11.2 Å². The summed E-state index contributed by atoms with van der Waals surface area (Å²) in [4.78, 5) is 22.7. The quantitative estimate of drug-likeness (QED) is 0.571. The SMILES string of the molecule is Cc1cc(N2CCOCC2)nc(SCC(=O)NC[C@H](C)O)n1. The molecule has 0 radical (unpaired) electrons. The first-order valence-electron chi connectivity index (χ1n) is 7.30. The predicted octanol–water partition coefficient (Wildman–Crippen LogP) is 0.211. The fourth-order valence-corrected chi connectivity index (χ4v) is 2.72. The lowest BCUT2D eigenvalue weighted by atomic mass is 10.3. The van der Waals surface area contributed by atoms with Crippen molar-refractivity contribution in [2.24, 2.45) is 0 Å². The maximum Gasteiger partial charge on any atom is 0.230 e. The number of aryl methyl sites for hydroxylation is 1. The van der Waals surface area contributed by atoms with E-state index in [9.17, 15) is 4.79 Å². The van der Waals surface area contributed by atoms with Gasteiger partial charge in [-0.15, -0.1) is 0 Å². The number of carbonyl (C=O) groups is 1. The average Bonchev–Trinajstić information content (AvgIpc) is 2.51. The molecule has 1 aliphatic heterocycles. The molecule has 1 amide bonds. The number of carbonyl (C=O) groups excluding carboxylic acids is 1. The zero-order chi connectivity index (χ0) is 15.9. The number of nitrogens with zero attached hydrogens (tertiary/aromatic N) is 3. The van der Waals surface area contributed by atoms with Gasteiger partial charge in [-0.3, -0.25) is 4.79 Å². The van der Waals surface area contributed by atoms with E-state index in [4.69, 9.17) is 9.84 Å². The summed E-state index contributed by atoms with van der Waals surface area (Å²) >= 11 is 1.30. The van der Waals surface area contributed by atoms with E-state index in [1.165, 1.54) is 11.8 Å². The Labute approximate surface area is 134 Å². The number of rotatable bonds is 6. The second kappa shape index (κ2) is 8.30. The predicted molar refractivity (Wildman–Crippen MR) is 85.2 cm³/mol. The molecule has 0 aromatic carbocycles. The maximum absolute atomic E-state index is 11.7. The number of nitrogens with one attached hydrogen (secondary N) is 1. The van der Waals surface area contributed by atoms with E-state index < -0.39 is 6.10 Å². The van der Waals surface area contributed by atoms with Gasteiger partial charge in [0.15, 0.2) is 5.16 Å². The molecular formula is C14H22N4O3S. The Kier molecular flexibility index (Phi) is 6.41. The van der Waals surface area contributed by atoms with Crippen LogP contribution in [-0.2, 0) is 9.53 Å². The Balaban J connectivity index is 1.93. The highest BCUT2D eigenvalue weighted by atomic mass is 32.2. The smallest absolute Gasteiger partial charge is 0.230 e. The van der Waals surface area contributed by atoms with Crippen LogP contribution in [0.25, 0.3) is 0 Å². The lowest BCUT2D eigenvalue weighted by Gasteiger charge is -2.28. The number of ether oxygens (including phenoxy) is 1. The van der Waals surface area contributed by atoms with Crippen LogP contribution >= 0.6 is 11.8 Å². The highest BCUT2D eigenvalue weighted by Crippen LogP contribution is 2.19. The van der Waals surface area contributed by atoms with E-state index in [0.717, 1.165) is 24.6 Å². The minimum absolute atomic E-state index is 0.135. The zero-order valence-electron chi connectivity index (χ0n) is 12.9. The number of amides is 1. The van der Waals surface area contributed by atoms with Crippen LogP contribution in [0.5, 0.6) is 0 Å². The van der Waals surface area contributed by atoms with Crippen LogP contribution in [-0.4, -0.2) is 65.7 Å². The van der Waals surface area contributed by atoms with Crippen molar-refractivity contribution in [3.8, 4) is 0 Å². The summed E-state index contributed by atoms with van der Waals surface area (Å²) in [5.41, 5.74) is 0.878. The molecule has 2 heterocycles. The maximum atomic E-state index is 11.7. The first kappa shape index (κ1) is 17.0. The standard InChI is InChI=1S/C14H22N4O3S/c1-10-7-12(18-3-5-21-6-4-18)17-14(16-10)22-9-13(20)15-8-11(2)19/h7,11,19H,3-6,8-9H2,1-2H3,(H,15,20)/t11-/m0/s1. The Morgan fingerprint density at radius 1 is 1.50 bits per heavy atom. The molecule has 7 nitrogen and oxygen atoms in total. The zero-order valence-corrected chi connectivity index (χ0v) is 13.7. The highest BCUT2D eigenvalue weighted by Gasteiger charge is 2.15. The van der Waals surface area contributed by atoms with Crippen molar-refractivity contribution < 1.29 is 14.6 Å². The number of morpholine rings is 1. The van der Waals surface area contributed by atoms with Gasteiger partial charge in [0.1, 0.15) is 5.82 Å². The van der Waals surface area contributed by atoms with Crippen LogP contribution in [0, 0.1) is 6.92 Å². The van der Waals surface area contributed by atoms with Crippen LogP contribution in [0.4, 0.5) is 5.82 Å². The van der Waals surface area contributed by atoms with Gasteiger partial charge in [-0.05, 0) is 13.8 Å². The van der Waals surface area contributed by atoms with E-state index in [1.807, 2.05) is 13.0 Å². The number of aliphatic hydroxyl groups is 1. The minimum atomic E-state index is -0.544. The van der Waals surface area contributed by atoms with E-state index in [-0.39, 0.29) is 18.2 Å². The third kappa shape index (κ3) is 5.43. The molecule has 1 fully saturated rings. The molecule has 0 bridgehead atoms. The topological polar surface area (TPSA) is 87.6 Å². The number of hydrogen-bond acceptors (Lipinski definition) is 7. The molecule has 0 spiro atoms. The molecule has 1 saturated heterocycles. The molecule has 1 aliphatic rings. The molecule has 2 N–H and O–H groups in total.